The third-order valence-corrected chi connectivity index (χ3v) is 2.06. The average Bonchev–Trinajstić information content (AvgIpc) is 2.26. The molecule has 0 amide bonds. The largest absolute Gasteiger partial charge is 0.466 e. The number of rotatable bonds is 6. The fourth-order valence-corrected chi connectivity index (χ4v) is 1.30. The second-order valence-electron chi connectivity index (χ2n) is 3.35. The molecule has 0 aliphatic heterocycles. The van der Waals surface area contributed by atoms with Crippen LogP contribution in [0, 0.1) is 0 Å². The topological polar surface area (TPSA) is 52.3 Å². The van der Waals surface area contributed by atoms with Crippen molar-refractivity contribution in [1.82, 2.24) is 0 Å². The van der Waals surface area contributed by atoms with Crippen molar-refractivity contribution >= 4 is 5.97 Å². The van der Waals surface area contributed by atoms with Gasteiger partial charge in [-0.1, -0.05) is 30.3 Å². The van der Waals surface area contributed by atoms with E-state index < -0.39 is 0 Å². The second-order valence-corrected chi connectivity index (χ2v) is 3.35. The van der Waals surface area contributed by atoms with E-state index in [9.17, 15) is 4.79 Å². The monoisotopic (exact) mass is 207 g/mol. The molecule has 3 nitrogen and oxygen atoms in total. The number of hydrogen-bond donors (Lipinski definition) is 1. The van der Waals surface area contributed by atoms with Crippen LogP contribution in [0.1, 0.15) is 18.4 Å². The number of esters is 1. The van der Waals surface area contributed by atoms with Crippen molar-refractivity contribution in [1.29, 1.82) is 0 Å². The Kier molecular flexibility index (Phi) is 5.48. The van der Waals surface area contributed by atoms with Crippen LogP contribution in [-0.2, 0) is 16.0 Å². The molecule has 0 fully saturated rings. The molecule has 1 aromatic carbocycles. The van der Waals surface area contributed by atoms with Crippen molar-refractivity contribution < 1.29 is 9.53 Å². The highest BCUT2D eigenvalue weighted by Crippen LogP contribution is 2.02. The van der Waals surface area contributed by atoms with Crippen molar-refractivity contribution in [2.75, 3.05) is 13.2 Å². The van der Waals surface area contributed by atoms with Crippen molar-refractivity contribution in [3.8, 4) is 0 Å². The SMILES string of the molecule is NCCC(=O)OCCCc1ccccc1. The molecular formula is C12H17NO2. The molecule has 0 heterocycles. The van der Waals surface area contributed by atoms with Gasteiger partial charge in [-0.15, -0.1) is 0 Å². The summed E-state index contributed by atoms with van der Waals surface area (Å²) in [6.07, 6.45) is 2.11. The standard InChI is InChI=1S/C12H17NO2/c13-9-8-12(14)15-10-4-7-11-5-2-1-3-6-11/h1-3,5-6H,4,7-10,13H2. The van der Waals surface area contributed by atoms with Gasteiger partial charge in [0, 0.05) is 6.54 Å². The van der Waals surface area contributed by atoms with Gasteiger partial charge in [0.25, 0.3) is 0 Å². The highest BCUT2D eigenvalue weighted by Gasteiger charge is 1.99. The number of carbonyl (C=O) groups is 1. The Morgan fingerprint density at radius 1 is 1.27 bits per heavy atom. The molecule has 0 radical (unpaired) electrons. The number of aryl methyl sites for hydroxylation is 1. The Morgan fingerprint density at radius 2 is 2.00 bits per heavy atom. The van der Waals surface area contributed by atoms with Crippen molar-refractivity contribution in [3.63, 3.8) is 0 Å². The molecule has 1 aromatic rings. The minimum atomic E-state index is -0.203. The molecule has 1 rings (SSSR count). The minimum Gasteiger partial charge on any atom is -0.466 e. The normalized spacial score (nSPS) is 9.93. The van der Waals surface area contributed by atoms with Gasteiger partial charge in [0.15, 0.2) is 0 Å². The van der Waals surface area contributed by atoms with Gasteiger partial charge >= 0.3 is 5.97 Å². The van der Waals surface area contributed by atoms with Crippen LogP contribution < -0.4 is 5.73 Å². The maximum atomic E-state index is 11.0. The van der Waals surface area contributed by atoms with Gasteiger partial charge in [-0.3, -0.25) is 4.79 Å². The molecule has 0 saturated heterocycles. The summed E-state index contributed by atoms with van der Waals surface area (Å²) in [5, 5.41) is 0. The maximum Gasteiger partial charge on any atom is 0.307 e. The summed E-state index contributed by atoms with van der Waals surface area (Å²) in [4.78, 5) is 11.0. The van der Waals surface area contributed by atoms with E-state index in [2.05, 4.69) is 12.1 Å². The summed E-state index contributed by atoms with van der Waals surface area (Å²) in [5.41, 5.74) is 6.49. The van der Waals surface area contributed by atoms with Crippen LogP contribution in [0.2, 0.25) is 0 Å². The summed E-state index contributed by atoms with van der Waals surface area (Å²) in [7, 11) is 0. The summed E-state index contributed by atoms with van der Waals surface area (Å²) in [6, 6.07) is 10.2. The third kappa shape index (κ3) is 5.18. The predicted molar refractivity (Wildman–Crippen MR) is 59.4 cm³/mol. The van der Waals surface area contributed by atoms with Crippen molar-refractivity contribution in [3.05, 3.63) is 35.9 Å². The van der Waals surface area contributed by atoms with Gasteiger partial charge in [0.05, 0.1) is 13.0 Å². The van der Waals surface area contributed by atoms with Crippen LogP contribution in [0.15, 0.2) is 30.3 Å². The highest BCUT2D eigenvalue weighted by atomic mass is 16.5. The molecular weight excluding hydrogens is 190 g/mol. The van der Waals surface area contributed by atoms with Gasteiger partial charge in [0.2, 0.25) is 0 Å². The Balaban J connectivity index is 2.10. The molecule has 0 bridgehead atoms. The molecule has 0 saturated carbocycles. The summed E-state index contributed by atoms with van der Waals surface area (Å²) in [5.74, 6) is -0.203. The van der Waals surface area contributed by atoms with Gasteiger partial charge in [-0.05, 0) is 18.4 Å². The molecule has 0 aliphatic rings. The molecule has 82 valence electrons. The quantitative estimate of drug-likeness (QED) is 0.568. The Bertz CT molecular complexity index is 285. The van der Waals surface area contributed by atoms with Crippen LogP contribution >= 0.6 is 0 Å². The van der Waals surface area contributed by atoms with E-state index in [0.29, 0.717) is 19.6 Å². The zero-order valence-electron chi connectivity index (χ0n) is 8.82. The molecule has 0 aliphatic carbocycles. The van der Waals surface area contributed by atoms with Crippen LogP contribution in [0.4, 0.5) is 0 Å². The molecule has 0 spiro atoms. The van der Waals surface area contributed by atoms with Crippen molar-refractivity contribution in [2.24, 2.45) is 5.73 Å². The first kappa shape index (κ1) is 11.7. The van der Waals surface area contributed by atoms with E-state index in [0.717, 1.165) is 12.8 Å². The van der Waals surface area contributed by atoms with E-state index in [4.69, 9.17) is 10.5 Å². The Labute approximate surface area is 90.2 Å². The molecule has 2 N–H and O–H groups in total. The number of hydrogen-bond acceptors (Lipinski definition) is 3. The second kappa shape index (κ2) is 7.01. The molecule has 0 unspecified atom stereocenters. The first-order valence-corrected chi connectivity index (χ1v) is 5.22. The van der Waals surface area contributed by atoms with Crippen LogP contribution in [0.3, 0.4) is 0 Å². The van der Waals surface area contributed by atoms with Gasteiger partial charge in [-0.25, -0.2) is 0 Å². The summed E-state index contributed by atoms with van der Waals surface area (Å²) in [6.45, 7) is 0.839. The minimum absolute atomic E-state index is 0.203. The van der Waals surface area contributed by atoms with E-state index in [1.54, 1.807) is 0 Å². The lowest BCUT2D eigenvalue weighted by Gasteiger charge is -2.03. The summed E-state index contributed by atoms with van der Waals surface area (Å²) >= 11 is 0. The first-order valence-electron chi connectivity index (χ1n) is 5.22. The Morgan fingerprint density at radius 3 is 2.67 bits per heavy atom. The predicted octanol–water partition coefficient (Wildman–Crippen LogP) is 1.51. The van der Waals surface area contributed by atoms with E-state index >= 15 is 0 Å². The number of nitrogens with two attached hydrogens (primary N) is 1. The van der Waals surface area contributed by atoms with Gasteiger partial charge in [0.1, 0.15) is 0 Å². The zero-order chi connectivity index (χ0) is 10.9. The number of carbonyl (C=O) groups excluding carboxylic acids is 1. The first-order chi connectivity index (χ1) is 7.33. The number of benzene rings is 1. The maximum absolute atomic E-state index is 11.0. The average molecular weight is 207 g/mol. The van der Waals surface area contributed by atoms with Gasteiger partial charge in [-0.2, -0.15) is 0 Å². The van der Waals surface area contributed by atoms with E-state index in [1.165, 1.54) is 5.56 Å². The summed E-state index contributed by atoms with van der Waals surface area (Å²) < 4.78 is 4.99. The number of ether oxygens (including phenoxy) is 1. The fourth-order valence-electron chi connectivity index (χ4n) is 1.30. The molecule has 0 atom stereocenters. The molecule has 15 heavy (non-hydrogen) atoms. The lowest BCUT2D eigenvalue weighted by atomic mass is 10.1. The lowest BCUT2D eigenvalue weighted by Crippen LogP contribution is -2.12. The van der Waals surface area contributed by atoms with Gasteiger partial charge < -0.3 is 10.5 Å². The van der Waals surface area contributed by atoms with Crippen LogP contribution in [-0.4, -0.2) is 19.1 Å². The molecule has 3 heteroatoms. The van der Waals surface area contributed by atoms with Crippen molar-refractivity contribution in [2.45, 2.75) is 19.3 Å². The molecule has 0 aromatic heterocycles. The highest BCUT2D eigenvalue weighted by molar-refractivity contribution is 5.69. The van der Waals surface area contributed by atoms with Crippen LogP contribution in [0.25, 0.3) is 0 Å². The fraction of sp³-hybridized carbons (Fsp3) is 0.417. The zero-order valence-corrected chi connectivity index (χ0v) is 8.82. The van der Waals surface area contributed by atoms with E-state index in [-0.39, 0.29) is 5.97 Å². The van der Waals surface area contributed by atoms with E-state index in [1.807, 2.05) is 18.2 Å². The van der Waals surface area contributed by atoms with Crippen LogP contribution in [0.5, 0.6) is 0 Å². The lowest BCUT2D eigenvalue weighted by molar-refractivity contribution is -0.143. The smallest absolute Gasteiger partial charge is 0.307 e. The Hall–Kier alpha value is -1.35. The third-order valence-electron chi connectivity index (χ3n) is 2.06.